The third-order valence-electron chi connectivity index (χ3n) is 2.46. The first-order valence-electron chi connectivity index (χ1n) is 5.41. The summed E-state index contributed by atoms with van der Waals surface area (Å²) in [6, 6.07) is 11.3. The van der Waals surface area contributed by atoms with Crippen molar-refractivity contribution in [1.82, 2.24) is 0 Å². The van der Waals surface area contributed by atoms with Crippen molar-refractivity contribution in [3.63, 3.8) is 0 Å². The van der Waals surface area contributed by atoms with Gasteiger partial charge in [0.1, 0.15) is 17.6 Å². The molecule has 20 heavy (non-hydrogen) atoms. The quantitative estimate of drug-likeness (QED) is 0.885. The van der Waals surface area contributed by atoms with Crippen molar-refractivity contribution in [2.75, 3.05) is 0 Å². The average molecular weight is 353 g/mol. The second kappa shape index (κ2) is 5.95. The fourth-order valence-corrected chi connectivity index (χ4v) is 2.16. The summed E-state index contributed by atoms with van der Waals surface area (Å²) in [6.45, 7) is 0. The number of ether oxygens (including phenoxy) is 1. The van der Waals surface area contributed by atoms with E-state index in [4.69, 9.17) is 26.7 Å². The topological polar surface area (TPSA) is 70.3 Å². The van der Waals surface area contributed by atoms with Crippen LogP contribution in [0.2, 0.25) is 5.02 Å². The van der Waals surface area contributed by atoms with Crippen molar-refractivity contribution in [3.8, 4) is 17.6 Å². The minimum absolute atomic E-state index is 0.0307. The van der Waals surface area contributed by atoms with Gasteiger partial charge in [0.2, 0.25) is 0 Å². The predicted molar refractivity (Wildman–Crippen MR) is 77.3 cm³/mol. The van der Waals surface area contributed by atoms with Crippen LogP contribution in [0.15, 0.2) is 40.9 Å². The highest BCUT2D eigenvalue weighted by atomic mass is 79.9. The first-order valence-corrected chi connectivity index (χ1v) is 6.58. The molecule has 0 amide bonds. The van der Waals surface area contributed by atoms with Crippen LogP contribution < -0.4 is 4.74 Å². The number of rotatable bonds is 3. The van der Waals surface area contributed by atoms with Gasteiger partial charge in [0.25, 0.3) is 0 Å². The molecule has 2 aromatic rings. The van der Waals surface area contributed by atoms with Gasteiger partial charge >= 0.3 is 5.97 Å². The summed E-state index contributed by atoms with van der Waals surface area (Å²) in [5, 5.41) is 18.0. The van der Waals surface area contributed by atoms with Gasteiger partial charge in [-0.1, -0.05) is 11.6 Å². The number of carboxylic acid groups (broad SMARTS) is 1. The molecule has 4 nitrogen and oxygen atoms in total. The Morgan fingerprint density at radius 1 is 1.25 bits per heavy atom. The molecular weight excluding hydrogens is 346 g/mol. The van der Waals surface area contributed by atoms with Crippen LogP contribution in [0.25, 0.3) is 0 Å². The Balaban J connectivity index is 2.31. The highest BCUT2D eigenvalue weighted by molar-refractivity contribution is 9.10. The van der Waals surface area contributed by atoms with Gasteiger partial charge in [0.15, 0.2) is 0 Å². The molecule has 0 aliphatic carbocycles. The van der Waals surface area contributed by atoms with E-state index in [1.54, 1.807) is 24.3 Å². The predicted octanol–water partition coefficient (Wildman–Crippen LogP) is 4.46. The monoisotopic (exact) mass is 351 g/mol. The Labute approximate surface area is 128 Å². The largest absolute Gasteiger partial charge is 0.478 e. The molecule has 2 aromatic carbocycles. The van der Waals surface area contributed by atoms with Gasteiger partial charge < -0.3 is 9.84 Å². The van der Waals surface area contributed by atoms with E-state index in [1.807, 2.05) is 6.07 Å². The summed E-state index contributed by atoms with van der Waals surface area (Å²) < 4.78 is 6.14. The molecule has 0 saturated carbocycles. The summed E-state index contributed by atoms with van der Waals surface area (Å²) in [6.07, 6.45) is 0. The first-order chi connectivity index (χ1) is 9.51. The number of hydrogen-bond donors (Lipinski definition) is 1. The van der Waals surface area contributed by atoms with E-state index in [2.05, 4.69) is 15.9 Å². The molecule has 0 heterocycles. The molecule has 0 radical (unpaired) electrons. The van der Waals surface area contributed by atoms with Crippen LogP contribution in [0.1, 0.15) is 15.9 Å². The molecule has 0 aliphatic heterocycles. The first kappa shape index (κ1) is 14.4. The number of benzene rings is 2. The van der Waals surface area contributed by atoms with Gasteiger partial charge in [0, 0.05) is 4.47 Å². The lowest BCUT2D eigenvalue weighted by molar-refractivity contribution is 0.0696. The Hall–Kier alpha value is -2.03. The van der Waals surface area contributed by atoms with E-state index in [-0.39, 0.29) is 10.6 Å². The standard InChI is InChI=1S/C14H7BrClNO3/c15-12-6-10(2-1-8(12)7-17)20-9-3-4-13(16)11(5-9)14(18)19/h1-6H,(H,18,19). The molecule has 0 spiro atoms. The zero-order chi connectivity index (χ0) is 14.7. The van der Waals surface area contributed by atoms with Crippen molar-refractivity contribution >= 4 is 33.5 Å². The van der Waals surface area contributed by atoms with Crippen LogP contribution in [0.5, 0.6) is 11.5 Å². The number of halogens is 2. The second-order valence-electron chi connectivity index (χ2n) is 3.80. The maximum atomic E-state index is 11.0. The van der Waals surface area contributed by atoms with E-state index in [0.29, 0.717) is 21.5 Å². The highest BCUT2D eigenvalue weighted by Crippen LogP contribution is 2.29. The van der Waals surface area contributed by atoms with Gasteiger partial charge in [-0.2, -0.15) is 5.26 Å². The summed E-state index contributed by atoms with van der Waals surface area (Å²) >= 11 is 9.03. The highest BCUT2D eigenvalue weighted by Gasteiger charge is 2.11. The fourth-order valence-electron chi connectivity index (χ4n) is 1.52. The zero-order valence-electron chi connectivity index (χ0n) is 9.93. The van der Waals surface area contributed by atoms with Crippen LogP contribution in [0.3, 0.4) is 0 Å². The lowest BCUT2D eigenvalue weighted by atomic mass is 10.2. The van der Waals surface area contributed by atoms with E-state index in [9.17, 15) is 4.79 Å². The summed E-state index contributed by atoms with van der Waals surface area (Å²) in [4.78, 5) is 11.0. The number of carboxylic acids is 1. The summed E-state index contributed by atoms with van der Waals surface area (Å²) in [7, 11) is 0. The van der Waals surface area contributed by atoms with Crippen molar-refractivity contribution in [3.05, 3.63) is 57.0 Å². The molecular formula is C14H7BrClNO3. The molecule has 0 unspecified atom stereocenters. The summed E-state index contributed by atoms with van der Waals surface area (Å²) in [5.74, 6) is -0.292. The van der Waals surface area contributed by atoms with Crippen molar-refractivity contribution in [2.24, 2.45) is 0 Å². The fraction of sp³-hybridized carbons (Fsp3) is 0. The molecule has 100 valence electrons. The van der Waals surface area contributed by atoms with Crippen molar-refractivity contribution in [2.45, 2.75) is 0 Å². The van der Waals surface area contributed by atoms with E-state index in [0.717, 1.165) is 0 Å². The zero-order valence-corrected chi connectivity index (χ0v) is 12.3. The number of nitriles is 1. The Kier molecular flexibility index (Phi) is 4.28. The van der Waals surface area contributed by atoms with Crippen LogP contribution in [0.4, 0.5) is 0 Å². The Morgan fingerprint density at radius 2 is 1.90 bits per heavy atom. The van der Waals surface area contributed by atoms with E-state index in [1.165, 1.54) is 12.1 Å². The third-order valence-corrected chi connectivity index (χ3v) is 3.45. The van der Waals surface area contributed by atoms with Gasteiger partial charge in [-0.3, -0.25) is 0 Å². The number of aromatic carboxylic acids is 1. The SMILES string of the molecule is N#Cc1ccc(Oc2ccc(Cl)c(C(=O)O)c2)cc1Br. The normalized spacial score (nSPS) is 9.85. The van der Waals surface area contributed by atoms with Gasteiger partial charge in [-0.05, 0) is 52.3 Å². The second-order valence-corrected chi connectivity index (χ2v) is 5.06. The molecule has 0 saturated heterocycles. The lowest BCUT2D eigenvalue weighted by Crippen LogP contribution is -1.98. The number of carbonyl (C=O) groups is 1. The van der Waals surface area contributed by atoms with E-state index >= 15 is 0 Å². The average Bonchev–Trinajstić information content (AvgIpc) is 2.41. The van der Waals surface area contributed by atoms with Gasteiger partial charge in [-0.25, -0.2) is 4.79 Å². The minimum atomic E-state index is -1.12. The molecule has 6 heteroatoms. The van der Waals surface area contributed by atoms with Crippen LogP contribution in [-0.4, -0.2) is 11.1 Å². The molecule has 0 aromatic heterocycles. The molecule has 2 rings (SSSR count). The Morgan fingerprint density at radius 3 is 2.50 bits per heavy atom. The van der Waals surface area contributed by atoms with Crippen LogP contribution in [0, 0.1) is 11.3 Å². The molecule has 0 atom stereocenters. The smallest absolute Gasteiger partial charge is 0.337 e. The number of nitrogens with zero attached hydrogens (tertiary/aromatic N) is 1. The third kappa shape index (κ3) is 3.10. The Bertz CT molecular complexity index is 725. The molecule has 0 bridgehead atoms. The van der Waals surface area contributed by atoms with Gasteiger partial charge in [0.05, 0.1) is 16.1 Å². The van der Waals surface area contributed by atoms with Crippen LogP contribution in [-0.2, 0) is 0 Å². The van der Waals surface area contributed by atoms with Crippen LogP contribution >= 0.6 is 27.5 Å². The minimum Gasteiger partial charge on any atom is -0.478 e. The maximum Gasteiger partial charge on any atom is 0.337 e. The van der Waals surface area contributed by atoms with Crippen molar-refractivity contribution in [1.29, 1.82) is 5.26 Å². The maximum absolute atomic E-state index is 11.0. The van der Waals surface area contributed by atoms with Gasteiger partial charge in [-0.15, -0.1) is 0 Å². The van der Waals surface area contributed by atoms with E-state index < -0.39 is 5.97 Å². The van der Waals surface area contributed by atoms with Crippen molar-refractivity contribution < 1.29 is 14.6 Å². The molecule has 1 N–H and O–H groups in total. The number of hydrogen-bond acceptors (Lipinski definition) is 3. The summed E-state index contributed by atoms with van der Waals surface area (Å²) in [5.41, 5.74) is 0.455. The lowest BCUT2D eigenvalue weighted by Gasteiger charge is -2.08. The molecule has 0 fully saturated rings. The molecule has 0 aliphatic rings.